The molecular weight excluding hydrogens is 356 g/mol. The van der Waals surface area contributed by atoms with Crippen LogP contribution in [0.2, 0.25) is 5.02 Å². The van der Waals surface area contributed by atoms with Crippen LogP contribution < -0.4 is 18.9 Å². The molecule has 0 fully saturated rings. The molecule has 0 saturated carbocycles. The molecule has 0 spiro atoms. The average molecular weight is 377 g/mol. The number of hydrogen-bond acceptors (Lipinski definition) is 5. The van der Waals surface area contributed by atoms with Crippen molar-refractivity contribution >= 4 is 23.5 Å². The zero-order valence-corrected chi connectivity index (χ0v) is 15.9. The number of methoxy groups -OCH3 is 3. The van der Waals surface area contributed by atoms with E-state index in [2.05, 4.69) is 0 Å². The van der Waals surface area contributed by atoms with Gasteiger partial charge >= 0.3 is 0 Å². The predicted octanol–water partition coefficient (Wildman–Crippen LogP) is 4.66. The Morgan fingerprint density at radius 3 is 2.42 bits per heavy atom. The van der Waals surface area contributed by atoms with Gasteiger partial charge in [-0.15, -0.1) is 0 Å². The van der Waals surface area contributed by atoms with Gasteiger partial charge in [-0.1, -0.05) is 17.7 Å². The van der Waals surface area contributed by atoms with Gasteiger partial charge in [-0.25, -0.2) is 0 Å². The monoisotopic (exact) mass is 376 g/mol. The average Bonchev–Trinajstić information content (AvgIpc) is 2.65. The van der Waals surface area contributed by atoms with Crippen molar-refractivity contribution in [2.75, 3.05) is 27.9 Å². The quantitative estimate of drug-likeness (QED) is 0.495. The van der Waals surface area contributed by atoms with Crippen LogP contribution in [0.4, 0.5) is 0 Å². The normalized spacial score (nSPS) is 10.7. The highest BCUT2D eigenvalue weighted by Gasteiger charge is 2.13. The summed E-state index contributed by atoms with van der Waals surface area (Å²) < 4.78 is 21.2. The summed E-state index contributed by atoms with van der Waals surface area (Å²) in [5.74, 6) is 1.85. The van der Waals surface area contributed by atoms with Crippen LogP contribution in [-0.2, 0) is 0 Å². The molecule has 5 nitrogen and oxygen atoms in total. The molecule has 0 aliphatic rings. The maximum absolute atomic E-state index is 12.5. The highest BCUT2D eigenvalue weighted by molar-refractivity contribution is 6.32. The fourth-order valence-electron chi connectivity index (χ4n) is 2.41. The largest absolute Gasteiger partial charge is 0.497 e. The fraction of sp³-hybridized carbons (Fsp3) is 0.250. The van der Waals surface area contributed by atoms with Crippen LogP contribution in [0.3, 0.4) is 0 Å². The van der Waals surface area contributed by atoms with Crippen molar-refractivity contribution in [3.05, 3.63) is 52.6 Å². The van der Waals surface area contributed by atoms with E-state index < -0.39 is 0 Å². The van der Waals surface area contributed by atoms with Crippen LogP contribution >= 0.6 is 11.6 Å². The number of ether oxygens (including phenoxy) is 4. The van der Waals surface area contributed by atoms with Crippen LogP contribution in [-0.4, -0.2) is 33.7 Å². The lowest BCUT2D eigenvalue weighted by molar-refractivity contribution is 0.104. The van der Waals surface area contributed by atoms with E-state index in [1.165, 1.54) is 20.3 Å². The first-order valence-electron chi connectivity index (χ1n) is 7.98. The van der Waals surface area contributed by atoms with Crippen molar-refractivity contribution in [3.63, 3.8) is 0 Å². The zero-order valence-electron chi connectivity index (χ0n) is 15.2. The van der Waals surface area contributed by atoms with Gasteiger partial charge in [-0.2, -0.15) is 0 Å². The van der Waals surface area contributed by atoms with Crippen molar-refractivity contribution in [2.45, 2.75) is 6.92 Å². The van der Waals surface area contributed by atoms with Crippen LogP contribution in [0.1, 0.15) is 22.8 Å². The summed E-state index contributed by atoms with van der Waals surface area (Å²) in [5, 5.41) is 0.410. The van der Waals surface area contributed by atoms with Gasteiger partial charge in [-0.05, 0) is 42.8 Å². The van der Waals surface area contributed by atoms with Crippen LogP contribution in [0.25, 0.3) is 6.08 Å². The topological polar surface area (TPSA) is 54.0 Å². The van der Waals surface area contributed by atoms with Crippen LogP contribution in [0, 0.1) is 0 Å². The molecule has 0 unspecified atom stereocenters. The minimum atomic E-state index is -0.200. The molecule has 0 aliphatic heterocycles. The van der Waals surface area contributed by atoms with Crippen LogP contribution in [0.5, 0.6) is 23.0 Å². The van der Waals surface area contributed by atoms with Gasteiger partial charge in [0.25, 0.3) is 0 Å². The maximum Gasteiger partial charge on any atom is 0.189 e. The van der Waals surface area contributed by atoms with E-state index in [9.17, 15) is 4.79 Å². The Bertz CT molecular complexity index is 814. The molecule has 0 N–H and O–H groups in total. The van der Waals surface area contributed by atoms with E-state index in [0.29, 0.717) is 40.2 Å². The minimum Gasteiger partial charge on any atom is -0.497 e. The van der Waals surface area contributed by atoms with E-state index in [0.717, 1.165) is 5.56 Å². The second-order valence-corrected chi connectivity index (χ2v) is 5.64. The lowest BCUT2D eigenvalue weighted by atomic mass is 10.1. The number of rotatable bonds is 8. The Labute approximate surface area is 158 Å². The first kappa shape index (κ1) is 19.7. The lowest BCUT2D eigenvalue weighted by Gasteiger charge is -2.11. The summed E-state index contributed by atoms with van der Waals surface area (Å²) in [6.07, 6.45) is 3.12. The standard InChI is InChI=1S/C20H21ClO5/c1-5-26-19-11-13(10-16(21)20(19)25-4)6-9-17(22)15-8-7-14(23-2)12-18(15)24-3/h6-12H,5H2,1-4H3/b9-6+. The van der Waals surface area contributed by atoms with Crippen molar-refractivity contribution in [1.29, 1.82) is 0 Å². The molecule has 0 bridgehead atoms. The summed E-state index contributed by atoms with van der Waals surface area (Å²) >= 11 is 6.23. The van der Waals surface area contributed by atoms with Gasteiger partial charge in [0, 0.05) is 6.07 Å². The Morgan fingerprint density at radius 1 is 1.04 bits per heavy atom. The third-order valence-corrected chi connectivity index (χ3v) is 3.92. The molecule has 138 valence electrons. The summed E-state index contributed by atoms with van der Waals surface area (Å²) in [6, 6.07) is 8.51. The molecule has 2 aromatic rings. The smallest absolute Gasteiger partial charge is 0.189 e. The van der Waals surface area contributed by atoms with Gasteiger partial charge in [0.2, 0.25) is 0 Å². The lowest BCUT2D eigenvalue weighted by Crippen LogP contribution is -2.00. The number of benzene rings is 2. The van der Waals surface area contributed by atoms with E-state index in [1.807, 2.05) is 6.92 Å². The molecule has 0 amide bonds. The van der Waals surface area contributed by atoms with Crippen molar-refractivity contribution in [3.8, 4) is 23.0 Å². The maximum atomic E-state index is 12.5. The summed E-state index contributed by atoms with van der Waals surface area (Å²) in [6.45, 7) is 2.34. The number of halogens is 1. The summed E-state index contributed by atoms with van der Waals surface area (Å²) in [4.78, 5) is 12.5. The zero-order chi connectivity index (χ0) is 19.1. The minimum absolute atomic E-state index is 0.200. The Hall–Kier alpha value is -2.66. The molecule has 2 aromatic carbocycles. The number of ketones is 1. The van der Waals surface area contributed by atoms with Crippen molar-refractivity contribution in [2.24, 2.45) is 0 Å². The predicted molar refractivity (Wildman–Crippen MR) is 102 cm³/mol. The van der Waals surface area contributed by atoms with E-state index in [4.69, 9.17) is 30.5 Å². The third kappa shape index (κ3) is 4.49. The molecule has 2 rings (SSSR count). The molecule has 0 radical (unpaired) electrons. The van der Waals surface area contributed by atoms with Crippen molar-refractivity contribution < 1.29 is 23.7 Å². The second-order valence-electron chi connectivity index (χ2n) is 5.23. The van der Waals surface area contributed by atoms with Gasteiger partial charge < -0.3 is 18.9 Å². The number of allylic oxidation sites excluding steroid dienone is 1. The van der Waals surface area contributed by atoms with Crippen molar-refractivity contribution in [1.82, 2.24) is 0 Å². The fourth-order valence-corrected chi connectivity index (χ4v) is 2.71. The van der Waals surface area contributed by atoms with Gasteiger partial charge in [0.05, 0.1) is 38.5 Å². The summed E-state index contributed by atoms with van der Waals surface area (Å²) in [5.41, 5.74) is 1.16. The molecule has 0 atom stereocenters. The third-order valence-electron chi connectivity index (χ3n) is 3.64. The number of hydrogen-bond donors (Lipinski definition) is 0. The highest BCUT2D eigenvalue weighted by atomic mass is 35.5. The Kier molecular flexibility index (Phi) is 6.92. The van der Waals surface area contributed by atoms with E-state index >= 15 is 0 Å². The first-order chi connectivity index (χ1) is 12.5. The molecule has 0 saturated heterocycles. The second kappa shape index (κ2) is 9.15. The molecule has 0 aliphatic carbocycles. The molecule has 0 heterocycles. The molecule has 0 aromatic heterocycles. The molecule has 6 heteroatoms. The van der Waals surface area contributed by atoms with E-state index in [-0.39, 0.29) is 5.78 Å². The van der Waals surface area contributed by atoms with Gasteiger partial charge in [-0.3, -0.25) is 4.79 Å². The highest BCUT2D eigenvalue weighted by Crippen LogP contribution is 2.36. The van der Waals surface area contributed by atoms with Gasteiger partial charge in [0.1, 0.15) is 11.5 Å². The number of carbonyl (C=O) groups excluding carboxylic acids is 1. The summed E-state index contributed by atoms with van der Waals surface area (Å²) in [7, 11) is 4.59. The molecular formula is C20H21ClO5. The first-order valence-corrected chi connectivity index (χ1v) is 8.36. The molecule has 26 heavy (non-hydrogen) atoms. The van der Waals surface area contributed by atoms with E-state index in [1.54, 1.807) is 43.5 Å². The van der Waals surface area contributed by atoms with Crippen LogP contribution in [0.15, 0.2) is 36.4 Å². The SMILES string of the molecule is CCOc1cc(/C=C/C(=O)c2ccc(OC)cc2OC)cc(Cl)c1OC. The Morgan fingerprint density at radius 2 is 1.81 bits per heavy atom. The van der Waals surface area contributed by atoms with Gasteiger partial charge in [0.15, 0.2) is 17.3 Å². The number of carbonyl (C=O) groups is 1. The Balaban J connectivity index is 2.31.